The maximum atomic E-state index is 7.64. The van der Waals surface area contributed by atoms with E-state index in [1.54, 1.807) is 0 Å². The van der Waals surface area contributed by atoms with E-state index in [0.29, 0.717) is 12.5 Å². The Balaban J connectivity index is 2.07. The summed E-state index contributed by atoms with van der Waals surface area (Å²) in [6.07, 6.45) is 0.617. The second-order valence-electron chi connectivity index (χ2n) is 5.82. The number of hydrogen-bond acceptors (Lipinski definition) is 3. The number of amidine groups is 1. The predicted octanol–water partition coefficient (Wildman–Crippen LogP) is 2.08. The highest BCUT2D eigenvalue weighted by Crippen LogP contribution is 2.25. The largest absolute Gasteiger partial charge is 0.388 e. The molecule has 0 aliphatic carbocycles. The van der Waals surface area contributed by atoms with E-state index >= 15 is 0 Å². The molecule has 3 N–H and O–H groups in total. The molecule has 1 aromatic rings. The monoisotopic (exact) mass is 274 g/mol. The van der Waals surface area contributed by atoms with E-state index in [0.717, 1.165) is 26.2 Å². The molecule has 20 heavy (non-hydrogen) atoms. The summed E-state index contributed by atoms with van der Waals surface area (Å²) in [4.78, 5) is 4.97. The Bertz CT molecular complexity index is 421. The van der Waals surface area contributed by atoms with Crippen molar-refractivity contribution in [2.24, 2.45) is 5.73 Å². The van der Waals surface area contributed by atoms with Gasteiger partial charge in [-0.05, 0) is 19.4 Å². The molecule has 0 radical (unpaired) electrons. The summed E-state index contributed by atoms with van der Waals surface area (Å²) in [5.74, 6) is 0.269. The molecule has 1 aromatic carbocycles. The number of nitrogens with two attached hydrogens (primary N) is 1. The van der Waals surface area contributed by atoms with Crippen LogP contribution in [0.15, 0.2) is 30.3 Å². The van der Waals surface area contributed by atoms with Gasteiger partial charge < -0.3 is 5.73 Å². The van der Waals surface area contributed by atoms with Crippen molar-refractivity contribution in [3.8, 4) is 0 Å². The van der Waals surface area contributed by atoms with Crippen LogP contribution >= 0.6 is 0 Å². The second kappa shape index (κ2) is 6.86. The Kier molecular flexibility index (Phi) is 5.15. The van der Waals surface area contributed by atoms with Gasteiger partial charge in [-0.15, -0.1) is 0 Å². The zero-order chi connectivity index (χ0) is 14.5. The van der Waals surface area contributed by atoms with Crippen LogP contribution in [0.2, 0.25) is 0 Å². The average molecular weight is 274 g/mol. The van der Waals surface area contributed by atoms with Crippen molar-refractivity contribution >= 4 is 5.84 Å². The average Bonchev–Trinajstić information content (AvgIpc) is 2.45. The first kappa shape index (κ1) is 15.0. The summed E-state index contributed by atoms with van der Waals surface area (Å²) >= 11 is 0. The molecule has 1 aliphatic heterocycles. The van der Waals surface area contributed by atoms with Crippen LogP contribution in [0, 0.1) is 5.41 Å². The lowest BCUT2D eigenvalue weighted by Crippen LogP contribution is -2.50. The standard InChI is InChI=1S/C16H26N4/c1-13(2)19-8-10-20(11-9-19)15(12-16(17)18)14-6-4-3-5-7-14/h3-7,13,15H,8-12H2,1-2H3,(H3,17,18). The van der Waals surface area contributed by atoms with Crippen LogP contribution in [-0.4, -0.2) is 47.9 Å². The van der Waals surface area contributed by atoms with Crippen molar-refractivity contribution in [1.29, 1.82) is 5.41 Å². The lowest BCUT2D eigenvalue weighted by molar-refractivity contribution is 0.0797. The van der Waals surface area contributed by atoms with Gasteiger partial charge in [0.2, 0.25) is 0 Å². The van der Waals surface area contributed by atoms with Crippen molar-refractivity contribution in [3.63, 3.8) is 0 Å². The number of rotatable bonds is 5. The number of benzene rings is 1. The van der Waals surface area contributed by atoms with Gasteiger partial charge in [-0.1, -0.05) is 30.3 Å². The van der Waals surface area contributed by atoms with E-state index in [1.807, 2.05) is 6.07 Å². The molecule has 4 nitrogen and oxygen atoms in total. The van der Waals surface area contributed by atoms with Crippen molar-refractivity contribution in [1.82, 2.24) is 9.80 Å². The second-order valence-corrected chi connectivity index (χ2v) is 5.82. The summed E-state index contributed by atoms with van der Waals surface area (Å²) < 4.78 is 0. The van der Waals surface area contributed by atoms with Crippen LogP contribution in [0.1, 0.15) is 31.9 Å². The van der Waals surface area contributed by atoms with E-state index in [1.165, 1.54) is 5.56 Å². The molecule has 1 aliphatic rings. The van der Waals surface area contributed by atoms with Gasteiger partial charge in [0.05, 0.1) is 5.84 Å². The number of piperazine rings is 1. The smallest absolute Gasteiger partial charge is 0.0924 e. The summed E-state index contributed by atoms with van der Waals surface area (Å²) in [6, 6.07) is 11.3. The summed E-state index contributed by atoms with van der Waals surface area (Å²) in [7, 11) is 0. The fourth-order valence-electron chi connectivity index (χ4n) is 2.91. The van der Waals surface area contributed by atoms with Crippen molar-refractivity contribution in [2.45, 2.75) is 32.4 Å². The number of nitrogens with zero attached hydrogens (tertiary/aromatic N) is 2. The maximum Gasteiger partial charge on any atom is 0.0924 e. The highest BCUT2D eigenvalue weighted by Gasteiger charge is 2.26. The normalized spacial score (nSPS) is 19.1. The number of hydrogen-bond donors (Lipinski definition) is 2. The van der Waals surface area contributed by atoms with Crippen molar-refractivity contribution < 1.29 is 0 Å². The van der Waals surface area contributed by atoms with Gasteiger partial charge in [-0.25, -0.2) is 0 Å². The lowest BCUT2D eigenvalue weighted by Gasteiger charge is -2.41. The van der Waals surface area contributed by atoms with E-state index < -0.39 is 0 Å². The molecule has 1 saturated heterocycles. The van der Waals surface area contributed by atoms with Gasteiger partial charge in [0.15, 0.2) is 0 Å². The highest BCUT2D eigenvalue weighted by molar-refractivity contribution is 5.77. The lowest BCUT2D eigenvalue weighted by atomic mass is 10.0. The van der Waals surface area contributed by atoms with Crippen LogP contribution in [0.25, 0.3) is 0 Å². The van der Waals surface area contributed by atoms with E-state index in [-0.39, 0.29) is 11.9 Å². The van der Waals surface area contributed by atoms with Crippen LogP contribution in [0.3, 0.4) is 0 Å². The molecule has 0 bridgehead atoms. The Hall–Kier alpha value is -1.39. The van der Waals surface area contributed by atoms with E-state index in [2.05, 4.69) is 47.9 Å². The van der Waals surface area contributed by atoms with Gasteiger partial charge in [0, 0.05) is 44.7 Å². The molecular formula is C16H26N4. The Morgan fingerprint density at radius 3 is 2.15 bits per heavy atom. The molecule has 110 valence electrons. The van der Waals surface area contributed by atoms with Crippen LogP contribution in [0.5, 0.6) is 0 Å². The molecule has 2 rings (SSSR count). The maximum absolute atomic E-state index is 7.64. The fourth-order valence-corrected chi connectivity index (χ4v) is 2.91. The molecule has 4 heteroatoms. The fraction of sp³-hybridized carbons (Fsp3) is 0.562. The first-order chi connectivity index (χ1) is 9.58. The summed E-state index contributed by atoms with van der Waals surface area (Å²) in [6.45, 7) is 8.79. The van der Waals surface area contributed by atoms with E-state index in [9.17, 15) is 0 Å². The van der Waals surface area contributed by atoms with Crippen LogP contribution in [-0.2, 0) is 0 Å². The molecule has 1 fully saturated rings. The third-order valence-electron chi connectivity index (χ3n) is 4.12. The minimum Gasteiger partial charge on any atom is -0.388 e. The third kappa shape index (κ3) is 3.81. The first-order valence-electron chi connectivity index (χ1n) is 7.44. The van der Waals surface area contributed by atoms with Gasteiger partial charge in [0.25, 0.3) is 0 Å². The highest BCUT2D eigenvalue weighted by atomic mass is 15.3. The molecular weight excluding hydrogens is 248 g/mol. The summed E-state index contributed by atoms with van der Waals surface area (Å²) in [5, 5.41) is 7.64. The zero-order valence-electron chi connectivity index (χ0n) is 12.5. The van der Waals surface area contributed by atoms with Gasteiger partial charge in [-0.3, -0.25) is 15.2 Å². The molecule has 1 heterocycles. The minimum atomic E-state index is 0.239. The van der Waals surface area contributed by atoms with Crippen molar-refractivity contribution in [3.05, 3.63) is 35.9 Å². The molecule has 0 amide bonds. The summed E-state index contributed by atoms with van der Waals surface area (Å²) in [5.41, 5.74) is 6.92. The first-order valence-corrected chi connectivity index (χ1v) is 7.44. The van der Waals surface area contributed by atoms with Gasteiger partial charge >= 0.3 is 0 Å². The van der Waals surface area contributed by atoms with E-state index in [4.69, 9.17) is 11.1 Å². The van der Waals surface area contributed by atoms with Crippen LogP contribution in [0.4, 0.5) is 0 Å². The Morgan fingerprint density at radius 2 is 1.65 bits per heavy atom. The third-order valence-corrected chi connectivity index (χ3v) is 4.12. The quantitative estimate of drug-likeness (QED) is 0.638. The topological polar surface area (TPSA) is 56.4 Å². The minimum absolute atomic E-state index is 0.239. The molecule has 0 aromatic heterocycles. The molecule has 1 unspecified atom stereocenters. The predicted molar refractivity (Wildman–Crippen MR) is 84.0 cm³/mol. The zero-order valence-corrected chi connectivity index (χ0v) is 12.5. The molecule has 0 saturated carbocycles. The van der Waals surface area contributed by atoms with Crippen LogP contribution < -0.4 is 5.73 Å². The van der Waals surface area contributed by atoms with Crippen molar-refractivity contribution in [2.75, 3.05) is 26.2 Å². The molecule has 0 spiro atoms. The Morgan fingerprint density at radius 1 is 1.10 bits per heavy atom. The molecule has 1 atom stereocenters. The van der Waals surface area contributed by atoms with Gasteiger partial charge in [0.1, 0.15) is 0 Å². The SMILES string of the molecule is CC(C)N1CCN(C(CC(=N)N)c2ccccc2)CC1. The Labute approximate surface area is 122 Å². The number of nitrogens with one attached hydrogen (secondary N) is 1. The van der Waals surface area contributed by atoms with Gasteiger partial charge in [-0.2, -0.15) is 0 Å².